The van der Waals surface area contributed by atoms with Crippen molar-refractivity contribution in [3.63, 3.8) is 0 Å². The van der Waals surface area contributed by atoms with Gasteiger partial charge in [0.2, 0.25) is 0 Å². The molecule has 0 aliphatic heterocycles. The molecule has 6 heteroatoms. The highest BCUT2D eigenvalue weighted by Crippen LogP contribution is 2.18. The second-order valence-corrected chi connectivity index (χ2v) is 24.1. The van der Waals surface area contributed by atoms with Gasteiger partial charge >= 0.3 is 17.9 Å². The minimum Gasteiger partial charge on any atom is -0.462 e. The third kappa shape index (κ3) is 67.8. The van der Waals surface area contributed by atoms with E-state index in [0.29, 0.717) is 19.3 Å². The second-order valence-electron chi connectivity index (χ2n) is 24.1. The summed E-state index contributed by atoms with van der Waals surface area (Å²) in [4.78, 5) is 38.0. The van der Waals surface area contributed by atoms with Crippen molar-refractivity contribution in [2.45, 2.75) is 386 Å². The molecule has 1 atom stereocenters. The molecule has 0 spiro atoms. The van der Waals surface area contributed by atoms with Crippen LogP contribution in [0, 0.1) is 0 Å². The minimum atomic E-state index is -0.768. The molecule has 0 bridgehead atoms. The Morgan fingerprint density at radius 1 is 0.259 bits per heavy atom. The summed E-state index contributed by atoms with van der Waals surface area (Å²) in [5.41, 5.74) is 0. The number of esters is 3. The maximum atomic E-state index is 12.9. The lowest BCUT2D eigenvalue weighted by atomic mass is 10.0. The van der Waals surface area contributed by atoms with Crippen molar-refractivity contribution in [3.8, 4) is 0 Å². The van der Waals surface area contributed by atoms with E-state index in [1.165, 1.54) is 250 Å². The smallest absolute Gasteiger partial charge is 0.306 e. The van der Waals surface area contributed by atoms with E-state index in [1.807, 2.05) is 0 Å². The number of allylic oxidation sites excluding steroid dienone is 10. The number of carbonyl (C=O) groups is 3. The number of ether oxygens (including phenoxy) is 3. The van der Waals surface area contributed by atoms with Gasteiger partial charge in [0.25, 0.3) is 0 Å². The van der Waals surface area contributed by atoms with Gasteiger partial charge in [0, 0.05) is 19.3 Å². The molecule has 0 aromatic carbocycles. The highest BCUT2D eigenvalue weighted by atomic mass is 16.6. The molecule has 0 radical (unpaired) electrons. The zero-order valence-corrected chi connectivity index (χ0v) is 54.3. The lowest BCUT2D eigenvalue weighted by Gasteiger charge is -2.18. The third-order valence-corrected chi connectivity index (χ3v) is 16.0. The lowest BCUT2D eigenvalue weighted by Crippen LogP contribution is -2.30. The predicted molar refractivity (Wildman–Crippen MR) is 353 cm³/mol. The van der Waals surface area contributed by atoms with E-state index >= 15 is 0 Å². The Morgan fingerprint density at radius 3 is 0.765 bits per heavy atom. The van der Waals surface area contributed by atoms with E-state index in [-0.39, 0.29) is 31.1 Å². The molecule has 0 aromatic rings. The van der Waals surface area contributed by atoms with Crippen molar-refractivity contribution in [2.24, 2.45) is 0 Å². The average Bonchev–Trinajstić information content (AvgIpc) is 3.47. The van der Waals surface area contributed by atoms with Crippen LogP contribution < -0.4 is 0 Å². The van der Waals surface area contributed by atoms with E-state index < -0.39 is 6.10 Å². The Balaban J connectivity index is 3.91. The van der Waals surface area contributed by atoms with Crippen LogP contribution in [0.2, 0.25) is 0 Å². The van der Waals surface area contributed by atoms with Gasteiger partial charge in [-0.1, -0.05) is 338 Å². The molecule has 0 aliphatic rings. The molecule has 0 heterocycles. The molecule has 1 unspecified atom stereocenters. The summed E-state index contributed by atoms with van der Waals surface area (Å²) in [7, 11) is 0. The topological polar surface area (TPSA) is 78.9 Å². The molecule has 0 rings (SSSR count). The van der Waals surface area contributed by atoms with E-state index in [1.54, 1.807) is 0 Å². The van der Waals surface area contributed by atoms with Crippen LogP contribution in [0.15, 0.2) is 60.8 Å². The van der Waals surface area contributed by atoms with Crippen molar-refractivity contribution in [1.29, 1.82) is 0 Å². The minimum absolute atomic E-state index is 0.0687. The van der Waals surface area contributed by atoms with Crippen molar-refractivity contribution in [1.82, 2.24) is 0 Å². The summed E-state index contributed by atoms with van der Waals surface area (Å²) in [6, 6.07) is 0. The van der Waals surface area contributed by atoms with Crippen molar-refractivity contribution in [2.75, 3.05) is 13.2 Å². The fraction of sp³-hybridized carbons (Fsp3) is 0.827. The number of hydrogen-bond donors (Lipinski definition) is 0. The normalized spacial score (nSPS) is 12.4. The maximum Gasteiger partial charge on any atom is 0.306 e. The Bertz CT molecular complexity index is 1440. The van der Waals surface area contributed by atoms with Gasteiger partial charge < -0.3 is 14.2 Å². The molecular formula is C75H136O6. The summed E-state index contributed by atoms with van der Waals surface area (Å²) >= 11 is 0. The number of rotatable bonds is 66. The standard InChI is InChI=1S/C75H136O6/c1-4-7-10-13-15-17-19-21-23-25-27-29-31-33-34-35-36-37-38-39-40-42-43-45-47-49-51-53-55-57-59-62-65-68-74(77)80-71-72(70-79-73(76)67-64-61-12-9-6-3)81-75(78)69-66-63-60-58-56-54-52-50-48-46-44-41-32-30-28-26-24-22-20-18-16-14-11-8-5-2/h7,10,15,17,21,23,26-29,72H,4-6,8-9,11-14,16,18-20,22,24-25,30-71H2,1-3H3/b10-7-,17-15-,23-21-,28-26-,29-27-. The Morgan fingerprint density at radius 2 is 0.481 bits per heavy atom. The molecule has 81 heavy (non-hydrogen) atoms. The molecule has 6 nitrogen and oxygen atoms in total. The van der Waals surface area contributed by atoms with Crippen molar-refractivity contribution < 1.29 is 28.6 Å². The lowest BCUT2D eigenvalue weighted by molar-refractivity contribution is -0.167. The second kappa shape index (κ2) is 69.6. The largest absolute Gasteiger partial charge is 0.462 e. The molecule has 0 saturated carbocycles. The summed E-state index contributed by atoms with van der Waals surface area (Å²) < 4.78 is 16.8. The molecule has 0 saturated heterocycles. The van der Waals surface area contributed by atoms with E-state index in [9.17, 15) is 14.4 Å². The van der Waals surface area contributed by atoms with Crippen LogP contribution in [-0.4, -0.2) is 37.2 Å². The molecule has 0 aromatic heterocycles. The van der Waals surface area contributed by atoms with Gasteiger partial charge in [0.05, 0.1) is 0 Å². The zero-order chi connectivity index (χ0) is 58.5. The third-order valence-electron chi connectivity index (χ3n) is 16.0. The highest BCUT2D eigenvalue weighted by Gasteiger charge is 2.19. The molecular weight excluding hydrogens is 997 g/mol. The fourth-order valence-corrected chi connectivity index (χ4v) is 10.7. The number of carbonyl (C=O) groups excluding carboxylic acids is 3. The maximum absolute atomic E-state index is 12.9. The van der Waals surface area contributed by atoms with Crippen LogP contribution in [0.5, 0.6) is 0 Å². The number of hydrogen-bond acceptors (Lipinski definition) is 6. The van der Waals surface area contributed by atoms with E-state index in [2.05, 4.69) is 81.5 Å². The Kier molecular flexibility index (Phi) is 67.1. The van der Waals surface area contributed by atoms with Gasteiger partial charge in [0.15, 0.2) is 6.10 Å². The van der Waals surface area contributed by atoms with Crippen LogP contribution in [0.4, 0.5) is 0 Å². The van der Waals surface area contributed by atoms with Gasteiger partial charge in [0.1, 0.15) is 13.2 Å². The zero-order valence-electron chi connectivity index (χ0n) is 54.3. The SMILES string of the molecule is CC/C=C\C/C=C\C/C=C\C/C=C\CCCCCCCCCCCCCCCCCCCCCCC(=O)OCC(COC(=O)CCCCCCC)OC(=O)CCCCCCCCCCCCCCC/C=C\CCCCCCCCCC. The molecule has 0 fully saturated rings. The molecule has 0 aliphatic carbocycles. The van der Waals surface area contributed by atoms with Crippen LogP contribution in [0.3, 0.4) is 0 Å². The molecule has 0 N–H and O–H groups in total. The fourth-order valence-electron chi connectivity index (χ4n) is 10.7. The summed E-state index contributed by atoms with van der Waals surface area (Å²) in [6.45, 7) is 6.50. The van der Waals surface area contributed by atoms with Gasteiger partial charge in [-0.05, 0) is 83.5 Å². The first-order chi connectivity index (χ1) is 40.0. The van der Waals surface area contributed by atoms with Crippen LogP contribution in [0.1, 0.15) is 380 Å². The average molecular weight is 1130 g/mol. The van der Waals surface area contributed by atoms with Gasteiger partial charge in [-0.15, -0.1) is 0 Å². The Labute approximate surface area is 504 Å². The predicted octanol–water partition coefficient (Wildman–Crippen LogP) is 24.7. The Hall–Kier alpha value is -2.89. The monoisotopic (exact) mass is 1130 g/mol. The van der Waals surface area contributed by atoms with Crippen LogP contribution in [-0.2, 0) is 28.6 Å². The van der Waals surface area contributed by atoms with Crippen molar-refractivity contribution >= 4 is 17.9 Å². The van der Waals surface area contributed by atoms with E-state index in [4.69, 9.17) is 14.2 Å². The van der Waals surface area contributed by atoms with Crippen LogP contribution >= 0.6 is 0 Å². The molecule has 0 amide bonds. The van der Waals surface area contributed by atoms with Gasteiger partial charge in [-0.25, -0.2) is 0 Å². The summed E-state index contributed by atoms with van der Waals surface area (Å²) in [6.07, 6.45) is 90.3. The van der Waals surface area contributed by atoms with Crippen LogP contribution in [0.25, 0.3) is 0 Å². The highest BCUT2D eigenvalue weighted by molar-refractivity contribution is 5.71. The first-order valence-electron chi connectivity index (χ1n) is 35.8. The van der Waals surface area contributed by atoms with E-state index in [0.717, 1.165) is 89.9 Å². The van der Waals surface area contributed by atoms with Gasteiger partial charge in [-0.3, -0.25) is 14.4 Å². The summed E-state index contributed by atoms with van der Waals surface area (Å²) in [5.74, 6) is -0.860. The summed E-state index contributed by atoms with van der Waals surface area (Å²) in [5, 5.41) is 0. The molecule has 472 valence electrons. The first-order valence-corrected chi connectivity index (χ1v) is 35.8. The first kappa shape index (κ1) is 78.1. The van der Waals surface area contributed by atoms with Crippen molar-refractivity contribution in [3.05, 3.63) is 60.8 Å². The number of unbranched alkanes of at least 4 members (excludes halogenated alkanes) is 45. The van der Waals surface area contributed by atoms with Gasteiger partial charge in [-0.2, -0.15) is 0 Å². The quantitative estimate of drug-likeness (QED) is 0.0261.